The van der Waals surface area contributed by atoms with E-state index in [4.69, 9.17) is 9.47 Å². The summed E-state index contributed by atoms with van der Waals surface area (Å²) in [5, 5.41) is 3.42. The zero-order valence-corrected chi connectivity index (χ0v) is 12.8. The van der Waals surface area contributed by atoms with Crippen molar-refractivity contribution in [1.82, 2.24) is 5.32 Å². The van der Waals surface area contributed by atoms with E-state index >= 15 is 0 Å². The van der Waals surface area contributed by atoms with Gasteiger partial charge in [-0.3, -0.25) is 10.1 Å². The van der Waals surface area contributed by atoms with Gasteiger partial charge < -0.3 is 9.47 Å². The van der Waals surface area contributed by atoms with Crippen LogP contribution in [-0.2, 0) is 14.3 Å². The van der Waals surface area contributed by atoms with Crippen LogP contribution in [0.2, 0.25) is 0 Å². The third-order valence-electron chi connectivity index (χ3n) is 3.62. The van der Waals surface area contributed by atoms with E-state index in [9.17, 15) is 4.79 Å². The highest BCUT2D eigenvalue weighted by Crippen LogP contribution is 2.25. The molecule has 0 aromatic rings. The summed E-state index contributed by atoms with van der Waals surface area (Å²) < 4.78 is 10.9. The van der Waals surface area contributed by atoms with E-state index in [1.807, 2.05) is 13.8 Å². The molecule has 1 aliphatic carbocycles. The maximum atomic E-state index is 12.1. The summed E-state index contributed by atoms with van der Waals surface area (Å²) in [5.41, 5.74) is -0.560. The Hall–Kier alpha value is -0.610. The molecule has 19 heavy (non-hydrogen) atoms. The van der Waals surface area contributed by atoms with Crippen molar-refractivity contribution in [2.45, 2.75) is 77.5 Å². The fourth-order valence-corrected chi connectivity index (χ4v) is 2.03. The van der Waals surface area contributed by atoms with Gasteiger partial charge in [-0.2, -0.15) is 0 Å². The van der Waals surface area contributed by atoms with Gasteiger partial charge in [-0.1, -0.05) is 6.92 Å². The normalized spacial score (nSPS) is 19.8. The third-order valence-corrected chi connectivity index (χ3v) is 3.62. The van der Waals surface area contributed by atoms with Crippen molar-refractivity contribution in [1.29, 1.82) is 0 Å². The van der Waals surface area contributed by atoms with Crippen LogP contribution < -0.4 is 5.32 Å². The van der Waals surface area contributed by atoms with Gasteiger partial charge in [-0.15, -0.1) is 0 Å². The van der Waals surface area contributed by atoms with E-state index in [-0.39, 0.29) is 5.97 Å². The molecule has 112 valence electrons. The molecule has 0 radical (unpaired) electrons. The van der Waals surface area contributed by atoms with Crippen molar-refractivity contribution < 1.29 is 14.3 Å². The van der Waals surface area contributed by atoms with Crippen LogP contribution in [0.25, 0.3) is 0 Å². The van der Waals surface area contributed by atoms with Crippen LogP contribution in [0.1, 0.15) is 59.8 Å². The highest BCUT2D eigenvalue weighted by molar-refractivity contribution is 5.80. The van der Waals surface area contributed by atoms with Crippen LogP contribution in [0.3, 0.4) is 0 Å². The summed E-state index contributed by atoms with van der Waals surface area (Å²) in [6.07, 6.45) is 5.29. The first-order valence-corrected chi connectivity index (χ1v) is 7.58. The van der Waals surface area contributed by atoms with Crippen molar-refractivity contribution in [2.75, 3.05) is 13.2 Å². The van der Waals surface area contributed by atoms with E-state index in [2.05, 4.69) is 19.2 Å². The smallest absolute Gasteiger partial charge is 0.326 e. The van der Waals surface area contributed by atoms with E-state index in [0.29, 0.717) is 25.4 Å². The number of carbonyl (C=O) groups excluding carboxylic acids is 1. The second kappa shape index (κ2) is 7.85. The maximum Gasteiger partial charge on any atom is 0.326 e. The predicted molar refractivity (Wildman–Crippen MR) is 76.1 cm³/mol. The SMILES string of the molecule is CCOC(=O)C(C)(CCCOC(C)CC)NC1CC1. The molecule has 1 fully saturated rings. The molecule has 4 heteroatoms. The lowest BCUT2D eigenvalue weighted by Gasteiger charge is -2.29. The minimum absolute atomic E-state index is 0.134. The first kappa shape index (κ1) is 16.4. The molecule has 2 atom stereocenters. The van der Waals surface area contributed by atoms with Crippen LogP contribution >= 0.6 is 0 Å². The number of nitrogens with one attached hydrogen (secondary N) is 1. The topological polar surface area (TPSA) is 47.6 Å². The quantitative estimate of drug-likeness (QED) is 0.490. The van der Waals surface area contributed by atoms with Gasteiger partial charge in [0.25, 0.3) is 0 Å². The van der Waals surface area contributed by atoms with Crippen LogP contribution in [-0.4, -0.2) is 36.9 Å². The van der Waals surface area contributed by atoms with Crippen LogP contribution in [0.15, 0.2) is 0 Å². The molecule has 0 aromatic heterocycles. The van der Waals surface area contributed by atoms with E-state index < -0.39 is 5.54 Å². The molecule has 0 amide bonds. The lowest BCUT2D eigenvalue weighted by Crippen LogP contribution is -2.51. The van der Waals surface area contributed by atoms with E-state index in [1.54, 1.807) is 0 Å². The van der Waals surface area contributed by atoms with Gasteiger partial charge in [0.1, 0.15) is 5.54 Å². The van der Waals surface area contributed by atoms with Crippen LogP contribution in [0, 0.1) is 0 Å². The molecule has 0 spiro atoms. The summed E-state index contributed by atoms with van der Waals surface area (Å²) in [6, 6.07) is 0.491. The Morgan fingerprint density at radius 2 is 2.11 bits per heavy atom. The standard InChI is InChI=1S/C15H29NO3/c1-5-12(3)19-11-7-10-15(4,14(17)18-6-2)16-13-8-9-13/h12-13,16H,5-11H2,1-4H3. The van der Waals surface area contributed by atoms with Gasteiger partial charge in [0, 0.05) is 12.6 Å². The van der Waals surface area contributed by atoms with Crippen molar-refractivity contribution in [3.63, 3.8) is 0 Å². The summed E-state index contributed by atoms with van der Waals surface area (Å²) in [5.74, 6) is -0.134. The number of ether oxygens (including phenoxy) is 2. The van der Waals surface area contributed by atoms with Gasteiger partial charge >= 0.3 is 5.97 Å². The molecule has 1 rings (SSSR count). The van der Waals surface area contributed by atoms with E-state index in [1.165, 1.54) is 12.8 Å². The van der Waals surface area contributed by atoms with Gasteiger partial charge in [0.05, 0.1) is 12.7 Å². The number of rotatable bonds is 10. The second-order valence-corrected chi connectivity index (χ2v) is 5.66. The van der Waals surface area contributed by atoms with Crippen molar-refractivity contribution in [3.05, 3.63) is 0 Å². The first-order valence-electron chi connectivity index (χ1n) is 7.58. The van der Waals surface area contributed by atoms with E-state index in [0.717, 1.165) is 19.3 Å². The lowest BCUT2D eigenvalue weighted by atomic mass is 9.95. The Morgan fingerprint density at radius 3 is 2.63 bits per heavy atom. The predicted octanol–water partition coefficient (Wildman–Crippen LogP) is 2.66. The molecule has 0 aromatic carbocycles. The molecule has 1 N–H and O–H groups in total. The van der Waals surface area contributed by atoms with Gasteiger partial charge in [0.2, 0.25) is 0 Å². The summed E-state index contributed by atoms with van der Waals surface area (Å²) in [7, 11) is 0. The largest absolute Gasteiger partial charge is 0.465 e. The van der Waals surface area contributed by atoms with Gasteiger partial charge in [0.15, 0.2) is 0 Å². The number of hydrogen-bond donors (Lipinski definition) is 1. The monoisotopic (exact) mass is 271 g/mol. The molecule has 1 saturated carbocycles. The molecular formula is C15H29NO3. The zero-order valence-electron chi connectivity index (χ0n) is 12.8. The summed E-state index contributed by atoms with van der Waals surface area (Å²) in [6.45, 7) is 9.13. The van der Waals surface area contributed by atoms with Crippen molar-refractivity contribution in [2.24, 2.45) is 0 Å². The fourth-order valence-electron chi connectivity index (χ4n) is 2.03. The summed E-state index contributed by atoms with van der Waals surface area (Å²) in [4.78, 5) is 12.1. The molecule has 0 heterocycles. The fraction of sp³-hybridized carbons (Fsp3) is 0.933. The summed E-state index contributed by atoms with van der Waals surface area (Å²) >= 11 is 0. The van der Waals surface area contributed by atoms with Crippen molar-refractivity contribution >= 4 is 5.97 Å². The average Bonchev–Trinajstić information content (AvgIpc) is 3.18. The molecule has 0 saturated heterocycles. The Labute approximate surface area is 117 Å². The molecule has 0 aliphatic heterocycles. The molecular weight excluding hydrogens is 242 g/mol. The Bertz CT molecular complexity index is 279. The Kier molecular flexibility index (Phi) is 6.80. The Balaban J connectivity index is 2.37. The Morgan fingerprint density at radius 1 is 1.42 bits per heavy atom. The number of carbonyl (C=O) groups is 1. The number of hydrogen-bond acceptors (Lipinski definition) is 4. The highest BCUT2D eigenvalue weighted by atomic mass is 16.5. The minimum atomic E-state index is -0.560. The maximum absolute atomic E-state index is 12.1. The lowest BCUT2D eigenvalue weighted by molar-refractivity contribution is -0.151. The van der Waals surface area contributed by atoms with Gasteiger partial charge in [-0.05, 0) is 52.9 Å². The molecule has 0 bridgehead atoms. The zero-order chi connectivity index (χ0) is 14.3. The number of esters is 1. The third kappa shape index (κ3) is 5.91. The molecule has 2 unspecified atom stereocenters. The highest BCUT2D eigenvalue weighted by Gasteiger charge is 2.39. The van der Waals surface area contributed by atoms with Crippen molar-refractivity contribution in [3.8, 4) is 0 Å². The molecule has 4 nitrogen and oxygen atoms in total. The van der Waals surface area contributed by atoms with Gasteiger partial charge in [-0.25, -0.2) is 0 Å². The van der Waals surface area contributed by atoms with Crippen LogP contribution in [0.4, 0.5) is 0 Å². The van der Waals surface area contributed by atoms with Crippen LogP contribution in [0.5, 0.6) is 0 Å². The molecule has 1 aliphatic rings. The minimum Gasteiger partial charge on any atom is -0.465 e. The second-order valence-electron chi connectivity index (χ2n) is 5.66. The average molecular weight is 271 g/mol. The first-order chi connectivity index (χ1) is 9.01.